The molecule has 1 N–H and O–H groups in total. The van der Waals surface area contributed by atoms with Crippen LogP contribution in [0.3, 0.4) is 0 Å². The Morgan fingerprint density at radius 1 is 1.10 bits per heavy atom. The lowest BCUT2D eigenvalue weighted by Gasteiger charge is -2.21. The third kappa shape index (κ3) is 3.91. The fraction of sp³-hybridized carbons (Fsp3) is 0.529. The van der Waals surface area contributed by atoms with Gasteiger partial charge in [-0.25, -0.2) is 9.67 Å². The topological polar surface area (TPSA) is 42.7 Å². The van der Waals surface area contributed by atoms with Gasteiger partial charge in [-0.2, -0.15) is 5.10 Å². The van der Waals surface area contributed by atoms with E-state index >= 15 is 0 Å². The first-order chi connectivity index (χ1) is 10.2. The Morgan fingerprint density at radius 3 is 2.38 bits per heavy atom. The molecule has 4 heteroatoms. The average Bonchev–Trinajstić information content (AvgIpc) is 2.91. The molecular weight excluding hydrogens is 260 g/mol. The Kier molecular flexibility index (Phi) is 5.51. The zero-order valence-corrected chi connectivity index (χ0v) is 13.5. The predicted octanol–water partition coefficient (Wildman–Crippen LogP) is 2.99. The minimum atomic E-state index is 0.191. The molecule has 0 fully saturated rings. The number of nitrogens with zero attached hydrogens (tertiary/aromatic N) is 3. The normalized spacial score (nSPS) is 12.8. The van der Waals surface area contributed by atoms with Gasteiger partial charge in [0, 0.05) is 25.4 Å². The highest BCUT2D eigenvalue weighted by molar-refractivity contribution is 5.21. The van der Waals surface area contributed by atoms with Crippen LogP contribution in [0.25, 0.3) is 0 Å². The van der Waals surface area contributed by atoms with Gasteiger partial charge in [-0.15, -0.1) is 0 Å². The second-order valence-electron chi connectivity index (χ2n) is 5.59. The highest BCUT2D eigenvalue weighted by atomic mass is 15.4. The zero-order chi connectivity index (χ0) is 15.2. The monoisotopic (exact) mass is 286 g/mol. The molecule has 0 aliphatic carbocycles. The lowest BCUT2D eigenvalue weighted by molar-refractivity contribution is 0.442. The Bertz CT molecular complexity index is 545. The SMILES string of the molecule is CCc1nc(CC)n(C(CNC(C)C)c2ccccc2)n1. The van der Waals surface area contributed by atoms with Crippen molar-refractivity contribution in [3.8, 4) is 0 Å². The van der Waals surface area contributed by atoms with E-state index in [1.807, 2.05) is 0 Å². The lowest BCUT2D eigenvalue weighted by atomic mass is 10.1. The third-order valence-electron chi connectivity index (χ3n) is 3.58. The van der Waals surface area contributed by atoms with Crippen LogP contribution in [-0.2, 0) is 12.8 Å². The summed E-state index contributed by atoms with van der Waals surface area (Å²) < 4.78 is 2.10. The molecule has 2 aromatic rings. The molecule has 1 aromatic carbocycles. The van der Waals surface area contributed by atoms with Gasteiger partial charge in [-0.05, 0) is 5.56 Å². The van der Waals surface area contributed by atoms with E-state index in [1.165, 1.54) is 5.56 Å². The highest BCUT2D eigenvalue weighted by Crippen LogP contribution is 2.19. The van der Waals surface area contributed by atoms with Crippen molar-refractivity contribution >= 4 is 0 Å². The Labute approximate surface area is 127 Å². The van der Waals surface area contributed by atoms with Gasteiger partial charge in [-0.1, -0.05) is 58.0 Å². The molecule has 0 saturated heterocycles. The van der Waals surface area contributed by atoms with Crippen molar-refractivity contribution in [2.45, 2.75) is 52.6 Å². The van der Waals surface area contributed by atoms with E-state index in [4.69, 9.17) is 5.10 Å². The summed E-state index contributed by atoms with van der Waals surface area (Å²) in [5, 5.41) is 8.25. The zero-order valence-electron chi connectivity index (χ0n) is 13.5. The molecule has 2 rings (SSSR count). The van der Waals surface area contributed by atoms with Crippen LogP contribution >= 0.6 is 0 Å². The smallest absolute Gasteiger partial charge is 0.150 e. The van der Waals surface area contributed by atoms with E-state index in [9.17, 15) is 0 Å². The van der Waals surface area contributed by atoms with Crippen LogP contribution < -0.4 is 5.32 Å². The summed E-state index contributed by atoms with van der Waals surface area (Å²) in [6, 6.07) is 11.2. The molecule has 0 aliphatic rings. The second kappa shape index (κ2) is 7.36. The number of nitrogens with one attached hydrogen (secondary N) is 1. The maximum Gasteiger partial charge on any atom is 0.150 e. The Morgan fingerprint density at radius 2 is 1.81 bits per heavy atom. The molecule has 0 amide bonds. The minimum Gasteiger partial charge on any atom is -0.312 e. The first-order valence-corrected chi connectivity index (χ1v) is 7.88. The van der Waals surface area contributed by atoms with E-state index in [1.54, 1.807) is 0 Å². The van der Waals surface area contributed by atoms with Crippen LogP contribution in [-0.4, -0.2) is 27.4 Å². The maximum atomic E-state index is 4.72. The highest BCUT2D eigenvalue weighted by Gasteiger charge is 2.19. The maximum absolute atomic E-state index is 4.72. The second-order valence-corrected chi connectivity index (χ2v) is 5.59. The van der Waals surface area contributed by atoms with Gasteiger partial charge in [0.15, 0.2) is 5.82 Å². The van der Waals surface area contributed by atoms with Gasteiger partial charge < -0.3 is 5.32 Å². The molecule has 21 heavy (non-hydrogen) atoms. The number of hydrogen-bond acceptors (Lipinski definition) is 3. The van der Waals surface area contributed by atoms with Crippen molar-refractivity contribution in [3.63, 3.8) is 0 Å². The van der Waals surface area contributed by atoms with Crippen molar-refractivity contribution < 1.29 is 0 Å². The molecular formula is C17H26N4. The predicted molar refractivity (Wildman–Crippen MR) is 86.5 cm³/mol. The summed E-state index contributed by atoms with van der Waals surface area (Å²) >= 11 is 0. The van der Waals surface area contributed by atoms with Crippen molar-refractivity contribution in [2.75, 3.05) is 6.54 Å². The molecule has 1 aromatic heterocycles. The number of benzene rings is 1. The van der Waals surface area contributed by atoms with Gasteiger partial charge >= 0.3 is 0 Å². The standard InChI is InChI=1S/C17H26N4/c1-5-16-19-17(6-2)21(20-16)15(12-18-13(3)4)14-10-8-7-9-11-14/h7-11,13,15,18H,5-6,12H2,1-4H3. The summed E-state index contributed by atoms with van der Waals surface area (Å²) in [5.74, 6) is 1.99. The number of hydrogen-bond donors (Lipinski definition) is 1. The Balaban J connectivity index is 2.36. The van der Waals surface area contributed by atoms with Crippen molar-refractivity contribution in [3.05, 3.63) is 47.5 Å². The van der Waals surface area contributed by atoms with Crippen LogP contribution in [0, 0.1) is 0 Å². The summed E-state index contributed by atoms with van der Waals surface area (Å²) in [4.78, 5) is 4.64. The van der Waals surface area contributed by atoms with Gasteiger partial charge in [0.25, 0.3) is 0 Å². The number of rotatable bonds is 7. The van der Waals surface area contributed by atoms with Crippen LogP contribution in [0.5, 0.6) is 0 Å². The number of aromatic nitrogens is 3. The molecule has 0 saturated carbocycles. The van der Waals surface area contributed by atoms with Crippen LogP contribution in [0.15, 0.2) is 30.3 Å². The van der Waals surface area contributed by atoms with E-state index in [0.717, 1.165) is 31.0 Å². The molecule has 4 nitrogen and oxygen atoms in total. The number of aryl methyl sites for hydroxylation is 2. The molecule has 0 spiro atoms. The van der Waals surface area contributed by atoms with Gasteiger partial charge in [0.05, 0.1) is 6.04 Å². The molecule has 114 valence electrons. The fourth-order valence-electron chi connectivity index (χ4n) is 2.41. The molecule has 0 radical (unpaired) electrons. The summed E-state index contributed by atoms with van der Waals surface area (Å²) in [6.45, 7) is 9.44. The third-order valence-corrected chi connectivity index (χ3v) is 3.58. The fourth-order valence-corrected chi connectivity index (χ4v) is 2.41. The van der Waals surface area contributed by atoms with Crippen LogP contribution in [0.4, 0.5) is 0 Å². The molecule has 1 atom stereocenters. The van der Waals surface area contributed by atoms with E-state index in [2.05, 4.69) is 73.0 Å². The van der Waals surface area contributed by atoms with Crippen molar-refractivity contribution in [1.82, 2.24) is 20.1 Å². The quantitative estimate of drug-likeness (QED) is 0.851. The van der Waals surface area contributed by atoms with E-state index in [0.29, 0.717) is 6.04 Å². The van der Waals surface area contributed by atoms with E-state index in [-0.39, 0.29) is 6.04 Å². The van der Waals surface area contributed by atoms with Gasteiger partial charge in [-0.3, -0.25) is 0 Å². The van der Waals surface area contributed by atoms with Crippen molar-refractivity contribution in [1.29, 1.82) is 0 Å². The molecule has 0 aliphatic heterocycles. The summed E-state index contributed by atoms with van der Waals surface area (Å²) in [5.41, 5.74) is 1.27. The van der Waals surface area contributed by atoms with Gasteiger partial charge in [0.2, 0.25) is 0 Å². The largest absolute Gasteiger partial charge is 0.312 e. The van der Waals surface area contributed by atoms with E-state index < -0.39 is 0 Å². The molecule has 1 unspecified atom stereocenters. The molecule has 0 bridgehead atoms. The Hall–Kier alpha value is -1.68. The van der Waals surface area contributed by atoms with Gasteiger partial charge in [0.1, 0.15) is 5.82 Å². The first kappa shape index (κ1) is 15.7. The van der Waals surface area contributed by atoms with Crippen LogP contribution in [0.2, 0.25) is 0 Å². The molecule has 1 heterocycles. The van der Waals surface area contributed by atoms with Crippen LogP contribution in [0.1, 0.15) is 50.9 Å². The van der Waals surface area contributed by atoms with Crippen molar-refractivity contribution in [2.24, 2.45) is 0 Å². The summed E-state index contributed by atoms with van der Waals surface area (Å²) in [7, 11) is 0. The summed E-state index contributed by atoms with van der Waals surface area (Å²) in [6.07, 6.45) is 1.77. The average molecular weight is 286 g/mol. The minimum absolute atomic E-state index is 0.191. The first-order valence-electron chi connectivity index (χ1n) is 7.88. The lowest BCUT2D eigenvalue weighted by Crippen LogP contribution is -2.32.